The van der Waals surface area contributed by atoms with Gasteiger partial charge in [-0.15, -0.1) is 11.3 Å². The summed E-state index contributed by atoms with van der Waals surface area (Å²) in [7, 11) is 0. The molecule has 20 heavy (non-hydrogen) atoms. The summed E-state index contributed by atoms with van der Waals surface area (Å²) in [6.07, 6.45) is 0. The fourth-order valence-corrected chi connectivity index (χ4v) is 3.58. The van der Waals surface area contributed by atoms with Crippen molar-refractivity contribution in [3.8, 4) is 0 Å². The molecule has 106 valence electrons. The molecule has 0 saturated carbocycles. The van der Waals surface area contributed by atoms with E-state index < -0.39 is 0 Å². The second-order valence-corrected chi connectivity index (χ2v) is 8.91. The maximum absolute atomic E-state index is 12.3. The number of hydrogen-bond donors (Lipinski definition) is 0. The normalized spacial score (nSPS) is 11.6. The molecule has 0 aliphatic carbocycles. The van der Waals surface area contributed by atoms with E-state index in [0.717, 1.165) is 10.6 Å². The van der Waals surface area contributed by atoms with Crippen molar-refractivity contribution in [2.24, 2.45) is 0 Å². The van der Waals surface area contributed by atoms with Crippen LogP contribution in [-0.2, 0) is 5.75 Å². The van der Waals surface area contributed by atoms with Gasteiger partial charge in [-0.2, -0.15) is 11.8 Å². The quantitative estimate of drug-likeness (QED) is 0.674. The predicted octanol–water partition coefficient (Wildman–Crippen LogP) is 5.66. The van der Waals surface area contributed by atoms with Crippen LogP contribution >= 0.6 is 34.7 Å². The Kier molecular flexibility index (Phi) is 4.95. The number of carbonyl (C=O) groups excluding carboxylic acids is 1. The van der Waals surface area contributed by atoms with Crippen LogP contribution in [0, 0.1) is 0 Å². The van der Waals surface area contributed by atoms with Gasteiger partial charge in [0.05, 0.1) is 4.88 Å². The van der Waals surface area contributed by atoms with Gasteiger partial charge >= 0.3 is 0 Å². The molecular weight excluding hydrogens is 308 g/mol. The van der Waals surface area contributed by atoms with E-state index in [1.165, 1.54) is 4.88 Å². The van der Waals surface area contributed by atoms with Gasteiger partial charge in [0.25, 0.3) is 0 Å². The minimum absolute atomic E-state index is 0.0682. The molecule has 4 heteroatoms. The van der Waals surface area contributed by atoms with Gasteiger partial charge < -0.3 is 0 Å². The molecule has 1 heterocycles. The topological polar surface area (TPSA) is 17.1 Å². The number of benzene rings is 1. The smallest absolute Gasteiger partial charge is 0.202 e. The van der Waals surface area contributed by atoms with Crippen molar-refractivity contribution < 1.29 is 4.79 Å². The summed E-state index contributed by atoms with van der Waals surface area (Å²) in [5, 5.41) is 0.648. The summed E-state index contributed by atoms with van der Waals surface area (Å²) in [5.74, 6) is 1.01. The third-order valence-corrected chi connectivity index (χ3v) is 5.48. The first-order valence-electron chi connectivity index (χ1n) is 6.38. The average Bonchev–Trinajstić information content (AvgIpc) is 2.84. The molecule has 0 atom stereocenters. The number of rotatable bonds is 4. The van der Waals surface area contributed by atoms with Crippen molar-refractivity contribution in [3.63, 3.8) is 0 Å². The highest BCUT2D eigenvalue weighted by molar-refractivity contribution is 7.99. The summed E-state index contributed by atoms with van der Waals surface area (Å²) >= 11 is 9.31. The molecule has 2 aromatic rings. The van der Waals surface area contributed by atoms with Gasteiger partial charge in [-0.05, 0) is 36.4 Å². The molecule has 1 aromatic heterocycles. The highest BCUT2D eigenvalue weighted by Gasteiger charge is 2.14. The highest BCUT2D eigenvalue weighted by Crippen LogP contribution is 2.30. The first kappa shape index (κ1) is 15.6. The molecule has 0 N–H and O–H groups in total. The number of ketones is 1. The van der Waals surface area contributed by atoms with Crippen LogP contribution in [0.3, 0.4) is 0 Å². The van der Waals surface area contributed by atoms with Crippen LogP contribution in [0.25, 0.3) is 0 Å². The lowest BCUT2D eigenvalue weighted by Crippen LogP contribution is -2.06. The number of carbonyl (C=O) groups is 1. The van der Waals surface area contributed by atoms with Gasteiger partial charge in [-0.1, -0.05) is 32.4 Å². The maximum atomic E-state index is 12.3. The van der Waals surface area contributed by atoms with Gasteiger partial charge in [0.15, 0.2) is 0 Å². The van der Waals surface area contributed by atoms with Crippen LogP contribution in [0.1, 0.15) is 40.9 Å². The first-order chi connectivity index (χ1) is 9.35. The number of thioether (sulfide) groups is 1. The lowest BCUT2D eigenvalue weighted by molar-refractivity contribution is 0.104. The number of thiophene rings is 1. The fraction of sp³-hybridized carbons (Fsp3) is 0.312. The molecule has 0 fully saturated rings. The van der Waals surface area contributed by atoms with Gasteiger partial charge in [0.2, 0.25) is 5.78 Å². The molecule has 0 aliphatic heterocycles. The van der Waals surface area contributed by atoms with Crippen molar-refractivity contribution in [3.05, 3.63) is 56.7 Å². The summed E-state index contributed by atoms with van der Waals surface area (Å²) in [6.45, 7) is 6.60. The van der Waals surface area contributed by atoms with Crippen LogP contribution in [-0.4, -0.2) is 10.5 Å². The van der Waals surface area contributed by atoms with Gasteiger partial charge in [0.1, 0.15) is 0 Å². The van der Waals surface area contributed by atoms with E-state index in [9.17, 15) is 4.79 Å². The van der Waals surface area contributed by atoms with E-state index in [1.54, 1.807) is 35.6 Å². The SMILES string of the molecule is CC(C)(C)SCc1ccc(C(=O)c2ccc(Cl)cc2)s1. The van der Waals surface area contributed by atoms with Crippen molar-refractivity contribution in [2.45, 2.75) is 31.3 Å². The highest BCUT2D eigenvalue weighted by atomic mass is 35.5. The molecule has 0 amide bonds. The number of hydrogen-bond acceptors (Lipinski definition) is 3. The molecule has 1 nitrogen and oxygen atoms in total. The molecule has 1 aromatic carbocycles. The molecular formula is C16H17ClOS2. The average molecular weight is 325 g/mol. The summed E-state index contributed by atoms with van der Waals surface area (Å²) < 4.78 is 0.240. The summed E-state index contributed by atoms with van der Waals surface area (Å²) in [5.41, 5.74) is 0.686. The van der Waals surface area contributed by atoms with E-state index in [2.05, 4.69) is 20.8 Å². The van der Waals surface area contributed by atoms with Crippen LogP contribution in [0.15, 0.2) is 36.4 Å². The predicted molar refractivity (Wildman–Crippen MR) is 90.3 cm³/mol. The van der Waals surface area contributed by atoms with Crippen LogP contribution in [0.4, 0.5) is 0 Å². The van der Waals surface area contributed by atoms with Crippen LogP contribution < -0.4 is 0 Å². The Hall–Kier alpha value is -0.770. The Bertz CT molecular complexity index is 594. The first-order valence-corrected chi connectivity index (χ1v) is 8.56. The van der Waals surface area contributed by atoms with Crippen molar-refractivity contribution in [1.82, 2.24) is 0 Å². The standard InChI is InChI=1S/C16H17ClOS2/c1-16(2,3)19-10-13-8-9-14(20-13)15(18)11-4-6-12(17)7-5-11/h4-9H,10H2,1-3H3. The van der Waals surface area contributed by atoms with Crippen molar-refractivity contribution >= 4 is 40.5 Å². The zero-order valence-corrected chi connectivity index (χ0v) is 14.2. The van der Waals surface area contributed by atoms with Crippen molar-refractivity contribution in [2.75, 3.05) is 0 Å². The third-order valence-electron chi connectivity index (χ3n) is 2.64. The van der Waals surface area contributed by atoms with E-state index in [-0.39, 0.29) is 10.5 Å². The number of halogens is 1. The maximum Gasteiger partial charge on any atom is 0.202 e. The Labute approximate surface area is 133 Å². The Morgan fingerprint density at radius 1 is 1.15 bits per heavy atom. The second-order valence-electron chi connectivity index (χ2n) is 5.50. The molecule has 2 rings (SSSR count). The second kappa shape index (κ2) is 6.33. The van der Waals surface area contributed by atoms with Gasteiger partial charge in [-0.25, -0.2) is 0 Å². The molecule has 0 bridgehead atoms. The molecule has 0 unspecified atom stereocenters. The van der Waals surface area contributed by atoms with E-state index in [0.29, 0.717) is 10.6 Å². The Morgan fingerprint density at radius 3 is 2.40 bits per heavy atom. The van der Waals surface area contributed by atoms with Crippen LogP contribution in [0.5, 0.6) is 0 Å². The summed E-state index contributed by atoms with van der Waals surface area (Å²) in [4.78, 5) is 14.4. The molecule has 0 radical (unpaired) electrons. The lowest BCUT2D eigenvalue weighted by atomic mass is 10.1. The molecule has 0 aliphatic rings. The van der Waals surface area contributed by atoms with E-state index in [4.69, 9.17) is 11.6 Å². The van der Waals surface area contributed by atoms with E-state index >= 15 is 0 Å². The minimum Gasteiger partial charge on any atom is -0.288 e. The fourth-order valence-electron chi connectivity index (χ4n) is 1.61. The van der Waals surface area contributed by atoms with Crippen molar-refractivity contribution in [1.29, 1.82) is 0 Å². The Morgan fingerprint density at radius 2 is 1.80 bits per heavy atom. The minimum atomic E-state index is 0.0682. The largest absolute Gasteiger partial charge is 0.288 e. The van der Waals surface area contributed by atoms with E-state index in [1.807, 2.05) is 23.9 Å². The lowest BCUT2D eigenvalue weighted by Gasteiger charge is -2.16. The summed E-state index contributed by atoms with van der Waals surface area (Å²) in [6, 6.07) is 11.0. The van der Waals surface area contributed by atoms with Gasteiger partial charge in [-0.3, -0.25) is 4.79 Å². The third kappa shape index (κ3) is 4.37. The zero-order chi connectivity index (χ0) is 14.8. The van der Waals surface area contributed by atoms with Gasteiger partial charge in [0, 0.05) is 26.0 Å². The Balaban J connectivity index is 2.08. The zero-order valence-electron chi connectivity index (χ0n) is 11.8. The molecule has 0 saturated heterocycles. The van der Waals surface area contributed by atoms with Crippen LogP contribution in [0.2, 0.25) is 5.02 Å². The molecule has 0 spiro atoms. The monoisotopic (exact) mass is 324 g/mol.